The zero-order valence-electron chi connectivity index (χ0n) is 12.7. The van der Waals surface area contributed by atoms with Gasteiger partial charge in [-0.1, -0.05) is 26.0 Å². The summed E-state index contributed by atoms with van der Waals surface area (Å²) in [6.45, 7) is 7.64. The minimum atomic E-state index is -1.05. The van der Waals surface area contributed by atoms with Crippen molar-refractivity contribution in [3.8, 4) is 0 Å². The van der Waals surface area contributed by atoms with Gasteiger partial charge >= 0.3 is 0 Å². The van der Waals surface area contributed by atoms with Gasteiger partial charge in [0.25, 0.3) is 0 Å². The second-order valence-corrected chi connectivity index (χ2v) is 6.32. The maximum atomic E-state index is 10.5. The number of hydrogen-bond donors (Lipinski definition) is 2. The molecule has 0 spiro atoms. The Morgan fingerprint density at radius 1 is 1.30 bits per heavy atom. The Labute approximate surface area is 121 Å². The Bertz CT molecular complexity index is 466. The molecule has 1 aliphatic rings. The molecule has 0 aromatic rings. The molecule has 1 fully saturated rings. The van der Waals surface area contributed by atoms with E-state index in [1.165, 1.54) is 6.08 Å². The molecule has 0 radical (unpaired) electrons. The molecule has 2 atom stereocenters. The maximum Gasteiger partial charge on any atom is 0.142 e. The Balaban J connectivity index is 3.13. The number of carbonyl (C=O) groups excluding carboxylic acids is 1. The van der Waals surface area contributed by atoms with Gasteiger partial charge in [0.05, 0.1) is 11.7 Å². The molecular weight excluding hydrogens is 252 g/mol. The van der Waals surface area contributed by atoms with Crippen LogP contribution in [0.15, 0.2) is 41.2 Å². The summed E-state index contributed by atoms with van der Waals surface area (Å²) in [7, 11) is 0. The first kappa shape index (κ1) is 16.6. The van der Waals surface area contributed by atoms with Crippen LogP contribution in [0.2, 0.25) is 0 Å². The molecule has 20 heavy (non-hydrogen) atoms. The van der Waals surface area contributed by atoms with Gasteiger partial charge in [0.1, 0.15) is 6.29 Å². The van der Waals surface area contributed by atoms with E-state index in [9.17, 15) is 15.0 Å². The first-order valence-corrected chi connectivity index (χ1v) is 6.86. The van der Waals surface area contributed by atoms with E-state index in [-0.39, 0.29) is 5.41 Å². The lowest BCUT2D eigenvalue weighted by molar-refractivity contribution is -0.104. The largest absolute Gasteiger partial charge is 0.393 e. The van der Waals surface area contributed by atoms with Gasteiger partial charge in [-0.05, 0) is 43.4 Å². The molecule has 0 aromatic carbocycles. The topological polar surface area (TPSA) is 57.5 Å². The lowest BCUT2D eigenvalue weighted by Crippen LogP contribution is -2.45. The summed E-state index contributed by atoms with van der Waals surface area (Å²) >= 11 is 0. The normalized spacial score (nSPS) is 30.2. The molecule has 1 aliphatic carbocycles. The zero-order valence-corrected chi connectivity index (χ0v) is 12.7. The van der Waals surface area contributed by atoms with Crippen LogP contribution in [0.3, 0.4) is 0 Å². The van der Waals surface area contributed by atoms with E-state index in [1.54, 1.807) is 25.2 Å². The van der Waals surface area contributed by atoms with Crippen LogP contribution >= 0.6 is 0 Å². The van der Waals surface area contributed by atoms with Crippen LogP contribution in [0.1, 0.15) is 40.5 Å². The van der Waals surface area contributed by atoms with E-state index in [0.717, 1.165) is 17.4 Å². The van der Waals surface area contributed by atoms with Crippen molar-refractivity contribution in [1.29, 1.82) is 0 Å². The third-order valence-electron chi connectivity index (χ3n) is 3.59. The maximum absolute atomic E-state index is 10.5. The van der Waals surface area contributed by atoms with Crippen molar-refractivity contribution in [1.82, 2.24) is 0 Å². The fraction of sp³-hybridized carbons (Fsp3) is 0.529. The van der Waals surface area contributed by atoms with Gasteiger partial charge in [0.15, 0.2) is 0 Å². The fourth-order valence-corrected chi connectivity index (χ4v) is 2.89. The summed E-state index contributed by atoms with van der Waals surface area (Å²) in [6.07, 6.45) is 7.88. The molecule has 0 aliphatic heterocycles. The second-order valence-electron chi connectivity index (χ2n) is 6.32. The molecule has 3 heteroatoms. The van der Waals surface area contributed by atoms with E-state index < -0.39 is 11.7 Å². The smallest absolute Gasteiger partial charge is 0.142 e. The highest BCUT2D eigenvalue weighted by Gasteiger charge is 2.44. The highest BCUT2D eigenvalue weighted by molar-refractivity contribution is 5.65. The number of hydrogen-bond acceptors (Lipinski definition) is 3. The van der Waals surface area contributed by atoms with Gasteiger partial charge in [0, 0.05) is 12.0 Å². The summed E-state index contributed by atoms with van der Waals surface area (Å²) in [5, 5.41) is 20.4. The minimum absolute atomic E-state index is 0.295. The van der Waals surface area contributed by atoms with Crippen LogP contribution < -0.4 is 0 Å². The molecule has 0 saturated heterocycles. The number of allylic oxidation sites excluding steroid dienone is 4. The molecule has 3 nitrogen and oxygen atoms in total. The Kier molecular flexibility index (Phi) is 5.29. The molecule has 1 rings (SSSR count). The first-order valence-electron chi connectivity index (χ1n) is 6.86. The highest BCUT2D eigenvalue weighted by Crippen LogP contribution is 2.45. The zero-order chi connectivity index (χ0) is 15.4. The van der Waals surface area contributed by atoms with Crippen molar-refractivity contribution >= 4 is 6.29 Å². The Morgan fingerprint density at radius 2 is 1.95 bits per heavy atom. The minimum Gasteiger partial charge on any atom is -0.393 e. The summed E-state index contributed by atoms with van der Waals surface area (Å²) in [5.74, 6) is 0. The number of rotatable bonds is 3. The highest BCUT2D eigenvalue weighted by atomic mass is 16.3. The molecule has 0 amide bonds. The van der Waals surface area contributed by atoms with Gasteiger partial charge < -0.3 is 10.2 Å². The molecule has 0 unspecified atom stereocenters. The fourth-order valence-electron chi connectivity index (χ4n) is 2.89. The SMILES string of the molecule is C/C(C=C=C1C(C)(C)C[C@H](O)C[C@@]1(C)O)=C\C=C\C=O. The van der Waals surface area contributed by atoms with Gasteiger partial charge in [-0.3, -0.25) is 4.79 Å². The van der Waals surface area contributed by atoms with Gasteiger partial charge in [-0.25, -0.2) is 0 Å². The number of aliphatic hydroxyl groups is 2. The van der Waals surface area contributed by atoms with Crippen LogP contribution in [0.25, 0.3) is 0 Å². The molecule has 110 valence electrons. The quantitative estimate of drug-likeness (QED) is 0.361. The number of aldehydes is 1. The van der Waals surface area contributed by atoms with Gasteiger partial charge in [-0.2, -0.15) is 0 Å². The van der Waals surface area contributed by atoms with Crippen LogP contribution in [0.5, 0.6) is 0 Å². The predicted octanol–water partition coefficient (Wildman–Crippen LogP) is 2.70. The number of aliphatic hydroxyl groups excluding tert-OH is 1. The predicted molar refractivity (Wildman–Crippen MR) is 80.2 cm³/mol. The van der Waals surface area contributed by atoms with Crippen molar-refractivity contribution in [2.45, 2.75) is 52.2 Å². The van der Waals surface area contributed by atoms with Crippen molar-refractivity contribution in [2.75, 3.05) is 0 Å². The molecule has 2 N–H and O–H groups in total. The Morgan fingerprint density at radius 3 is 2.50 bits per heavy atom. The molecule has 0 bridgehead atoms. The average molecular weight is 276 g/mol. The van der Waals surface area contributed by atoms with Crippen LogP contribution in [0.4, 0.5) is 0 Å². The van der Waals surface area contributed by atoms with Crippen molar-refractivity contribution < 1.29 is 15.0 Å². The van der Waals surface area contributed by atoms with Crippen LogP contribution in [-0.2, 0) is 4.79 Å². The summed E-state index contributed by atoms with van der Waals surface area (Å²) < 4.78 is 0. The standard InChI is InChI=1S/C17H24O3/c1-13(7-5-6-10-18)8-9-15-16(2,3)11-14(19)12-17(15,4)20/h5-8,10,14,19-20H,11-12H2,1-4H3/b6-5+,13-7+/t9?,14-,17+/m0/s1. The molecule has 0 aromatic heterocycles. The lowest BCUT2D eigenvalue weighted by atomic mass is 9.65. The molecule has 0 heterocycles. The van der Waals surface area contributed by atoms with Crippen LogP contribution in [0, 0.1) is 5.41 Å². The Hall–Kier alpha value is -1.41. The van der Waals surface area contributed by atoms with E-state index in [1.807, 2.05) is 20.8 Å². The van der Waals surface area contributed by atoms with E-state index in [2.05, 4.69) is 5.73 Å². The number of carbonyl (C=O) groups is 1. The van der Waals surface area contributed by atoms with Crippen molar-refractivity contribution in [3.63, 3.8) is 0 Å². The van der Waals surface area contributed by atoms with Crippen molar-refractivity contribution in [2.24, 2.45) is 5.41 Å². The average Bonchev–Trinajstić information content (AvgIpc) is 2.25. The second kappa shape index (κ2) is 6.36. The van der Waals surface area contributed by atoms with E-state index in [4.69, 9.17) is 0 Å². The van der Waals surface area contributed by atoms with Gasteiger partial charge in [0.2, 0.25) is 0 Å². The summed E-state index contributed by atoms with van der Waals surface area (Å²) in [6, 6.07) is 0. The van der Waals surface area contributed by atoms with E-state index >= 15 is 0 Å². The third kappa shape index (κ3) is 4.31. The van der Waals surface area contributed by atoms with E-state index in [0.29, 0.717) is 12.8 Å². The molecule has 1 saturated carbocycles. The molecular formula is C17H24O3. The summed E-state index contributed by atoms with van der Waals surface area (Å²) in [4.78, 5) is 10.2. The van der Waals surface area contributed by atoms with Crippen molar-refractivity contribution in [3.05, 3.63) is 41.2 Å². The summed E-state index contributed by atoms with van der Waals surface area (Å²) in [5.41, 5.74) is 3.60. The van der Waals surface area contributed by atoms with Gasteiger partial charge in [-0.15, -0.1) is 5.73 Å². The lowest BCUT2D eigenvalue weighted by Gasteiger charge is -2.43. The third-order valence-corrected chi connectivity index (χ3v) is 3.59. The first-order chi connectivity index (χ1) is 9.19. The monoisotopic (exact) mass is 276 g/mol. The van der Waals surface area contributed by atoms with Crippen LogP contribution in [-0.4, -0.2) is 28.2 Å².